The zero-order valence-corrected chi connectivity index (χ0v) is 12.6. The highest BCUT2D eigenvalue weighted by Gasteiger charge is 2.39. The van der Waals surface area contributed by atoms with Crippen molar-refractivity contribution in [1.29, 1.82) is 0 Å². The minimum atomic E-state index is 0.578. The molecule has 2 saturated carbocycles. The summed E-state index contributed by atoms with van der Waals surface area (Å²) in [5.41, 5.74) is 0. The first kappa shape index (κ1) is 13.9. The topological polar surface area (TPSA) is 63.0 Å². The Morgan fingerprint density at radius 3 is 2.85 bits per heavy atom. The van der Waals surface area contributed by atoms with Crippen LogP contribution in [-0.2, 0) is 6.54 Å². The lowest BCUT2D eigenvalue weighted by molar-refractivity contribution is 0.345. The molecular weight excluding hydrogens is 252 g/mol. The van der Waals surface area contributed by atoms with E-state index in [0.717, 1.165) is 30.8 Å². The van der Waals surface area contributed by atoms with Gasteiger partial charge in [-0.15, -0.1) is 5.10 Å². The molecule has 3 unspecified atom stereocenters. The van der Waals surface area contributed by atoms with E-state index in [-0.39, 0.29) is 0 Å². The molecule has 1 aromatic rings. The van der Waals surface area contributed by atoms with Gasteiger partial charge in [-0.05, 0) is 49.5 Å². The second-order valence-electron chi connectivity index (χ2n) is 6.84. The zero-order valence-electron chi connectivity index (χ0n) is 12.6. The molecule has 2 bridgehead atoms. The van der Waals surface area contributed by atoms with E-state index in [1.54, 1.807) is 0 Å². The molecule has 0 aliphatic heterocycles. The maximum Gasteiger partial charge on any atom is 0.315 e. The molecule has 0 radical (unpaired) electrons. The van der Waals surface area contributed by atoms with Crippen molar-refractivity contribution in [2.75, 3.05) is 18.4 Å². The van der Waals surface area contributed by atoms with Crippen molar-refractivity contribution >= 4 is 6.01 Å². The van der Waals surface area contributed by atoms with E-state index < -0.39 is 0 Å². The summed E-state index contributed by atoms with van der Waals surface area (Å²) in [4.78, 5) is 0. The summed E-state index contributed by atoms with van der Waals surface area (Å²) < 4.78 is 5.61. The lowest BCUT2D eigenvalue weighted by Gasteiger charge is -2.21. The van der Waals surface area contributed by atoms with E-state index in [0.29, 0.717) is 24.4 Å². The van der Waals surface area contributed by atoms with Crippen LogP contribution in [0.2, 0.25) is 0 Å². The highest BCUT2D eigenvalue weighted by molar-refractivity contribution is 5.17. The summed E-state index contributed by atoms with van der Waals surface area (Å²) in [7, 11) is 0. The SMILES string of the molecule is CC(C)CNCc1nnc(NCC2CC3CCC2C3)o1. The van der Waals surface area contributed by atoms with Gasteiger partial charge in [0.25, 0.3) is 0 Å². The number of fused-ring (bicyclic) bond motifs is 2. The summed E-state index contributed by atoms with van der Waals surface area (Å²) >= 11 is 0. The van der Waals surface area contributed by atoms with Gasteiger partial charge in [0.1, 0.15) is 0 Å². The molecule has 3 rings (SSSR count). The Morgan fingerprint density at radius 2 is 2.15 bits per heavy atom. The number of hydrogen-bond acceptors (Lipinski definition) is 5. The maximum atomic E-state index is 5.61. The van der Waals surface area contributed by atoms with Gasteiger partial charge in [-0.1, -0.05) is 25.4 Å². The fraction of sp³-hybridized carbons (Fsp3) is 0.867. The first-order valence-corrected chi connectivity index (χ1v) is 7.97. The fourth-order valence-corrected chi connectivity index (χ4v) is 3.71. The van der Waals surface area contributed by atoms with Crippen molar-refractivity contribution < 1.29 is 4.42 Å². The van der Waals surface area contributed by atoms with Crippen LogP contribution >= 0.6 is 0 Å². The number of nitrogens with zero attached hydrogens (tertiary/aromatic N) is 2. The van der Waals surface area contributed by atoms with Gasteiger partial charge in [-0.3, -0.25) is 0 Å². The molecule has 112 valence electrons. The lowest BCUT2D eigenvalue weighted by Crippen LogP contribution is -2.20. The number of rotatable bonds is 7. The molecule has 5 heteroatoms. The molecule has 1 aromatic heterocycles. The second kappa shape index (κ2) is 6.12. The van der Waals surface area contributed by atoms with E-state index in [1.165, 1.54) is 25.7 Å². The standard InChI is InChI=1S/C15H26N4O/c1-10(2)7-16-9-14-18-19-15(20-14)17-8-13-6-11-3-4-12(13)5-11/h10-13,16H,3-9H2,1-2H3,(H,17,19). The van der Waals surface area contributed by atoms with Gasteiger partial charge in [0, 0.05) is 6.54 Å². The van der Waals surface area contributed by atoms with Gasteiger partial charge >= 0.3 is 6.01 Å². The lowest BCUT2D eigenvalue weighted by atomic mass is 9.89. The third kappa shape index (κ3) is 3.32. The number of hydrogen-bond donors (Lipinski definition) is 2. The Bertz CT molecular complexity index is 431. The Balaban J connectivity index is 1.41. The molecule has 0 aromatic carbocycles. The summed E-state index contributed by atoms with van der Waals surface area (Å²) in [5.74, 6) is 4.03. The number of aromatic nitrogens is 2. The van der Waals surface area contributed by atoms with Crippen LogP contribution in [0.15, 0.2) is 4.42 Å². The molecule has 5 nitrogen and oxygen atoms in total. The molecule has 2 N–H and O–H groups in total. The highest BCUT2D eigenvalue weighted by Crippen LogP contribution is 2.48. The summed E-state index contributed by atoms with van der Waals surface area (Å²) in [6.45, 7) is 6.98. The molecule has 2 aliphatic rings. The minimum absolute atomic E-state index is 0.578. The second-order valence-corrected chi connectivity index (χ2v) is 6.84. The van der Waals surface area contributed by atoms with Crippen LogP contribution in [0.3, 0.4) is 0 Å². The molecule has 2 fully saturated rings. The molecule has 2 aliphatic carbocycles. The van der Waals surface area contributed by atoms with Gasteiger partial charge in [0.2, 0.25) is 5.89 Å². The highest BCUT2D eigenvalue weighted by atomic mass is 16.4. The fourth-order valence-electron chi connectivity index (χ4n) is 3.71. The van der Waals surface area contributed by atoms with Crippen molar-refractivity contribution in [1.82, 2.24) is 15.5 Å². The summed E-state index contributed by atoms with van der Waals surface area (Å²) in [6.07, 6.45) is 5.70. The molecule has 20 heavy (non-hydrogen) atoms. The molecule has 0 amide bonds. The van der Waals surface area contributed by atoms with Crippen molar-refractivity contribution in [3.8, 4) is 0 Å². The first-order valence-electron chi connectivity index (χ1n) is 7.97. The van der Waals surface area contributed by atoms with Crippen molar-refractivity contribution in [2.24, 2.45) is 23.7 Å². The van der Waals surface area contributed by atoms with Crippen LogP contribution in [0.25, 0.3) is 0 Å². The van der Waals surface area contributed by atoms with Crippen LogP contribution in [-0.4, -0.2) is 23.3 Å². The van der Waals surface area contributed by atoms with Crippen molar-refractivity contribution in [2.45, 2.75) is 46.1 Å². The molecule has 0 spiro atoms. The molecular formula is C15H26N4O. The Hall–Kier alpha value is -1.10. The van der Waals surface area contributed by atoms with Gasteiger partial charge in [0.05, 0.1) is 6.54 Å². The average Bonchev–Trinajstić information content (AvgIpc) is 3.12. The average molecular weight is 278 g/mol. The van der Waals surface area contributed by atoms with Crippen LogP contribution < -0.4 is 10.6 Å². The zero-order chi connectivity index (χ0) is 13.9. The summed E-state index contributed by atoms with van der Waals surface area (Å²) in [5, 5.41) is 14.8. The van der Waals surface area contributed by atoms with Gasteiger partial charge in [-0.2, -0.15) is 0 Å². The molecule has 1 heterocycles. The van der Waals surface area contributed by atoms with Gasteiger partial charge < -0.3 is 15.1 Å². The van der Waals surface area contributed by atoms with E-state index in [1.807, 2.05) is 0 Å². The summed E-state index contributed by atoms with van der Waals surface area (Å²) in [6, 6.07) is 0.578. The van der Waals surface area contributed by atoms with Crippen LogP contribution in [0.5, 0.6) is 0 Å². The Labute approximate surface area is 120 Å². The number of nitrogens with one attached hydrogen (secondary N) is 2. The predicted molar refractivity (Wildman–Crippen MR) is 78.3 cm³/mol. The van der Waals surface area contributed by atoms with E-state index in [4.69, 9.17) is 4.42 Å². The normalized spacial score (nSPS) is 28.4. The van der Waals surface area contributed by atoms with Crippen molar-refractivity contribution in [3.63, 3.8) is 0 Å². The smallest absolute Gasteiger partial charge is 0.315 e. The molecule has 0 saturated heterocycles. The van der Waals surface area contributed by atoms with Gasteiger partial charge in [-0.25, -0.2) is 0 Å². The maximum absolute atomic E-state index is 5.61. The Morgan fingerprint density at radius 1 is 1.25 bits per heavy atom. The van der Waals surface area contributed by atoms with Crippen LogP contribution in [0, 0.1) is 23.7 Å². The van der Waals surface area contributed by atoms with Crippen LogP contribution in [0.4, 0.5) is 6.01 Å². The van der Waals surface area contributed by atoms with E-state index in [2.05, 4.69) is 34.7 Å². The third-order valence-electron chi connectivity index (χ3n) is 4.70. The van der Waals surface area contributed by atoms with Gasteiger partial charge in [0.15, 0.2) is 0 Å². The van der Waals surface area contributed by atoms with Crippen molar-refractivity contribution in [3.05, 3.63) is 5.89 Å². The molecule has 3 atom stereocenters. The quantitative estimate of drug-likeness (QED) is 0.803. The largest absolute Gasteiger partial charge is 0.407 e. The number of anilines is 1. The predicted octanol–water partition coefficient (Wildman–Crippen LogP) is 2.66. The minimum Gasteiger partial charge on any atom is -0.407 e. The monoisotopic (exact) mass is 278 g/mol. The van der Waals surface area contributed by atoms with Crippen LogP contribution in [0.1, 0.15) is 45.4 Å². The van der Waals surface area contributed by atoms with E-state index in [9.17, 15) is 0 Å². The Kier molecular flexibility index (Phi) is 4.24. The first-order chi connectivity index (χ1) is 9.70. The third-order valence-corrected chi connectivity index (χ3v) is 4.70. The van der Waals surface area contributed by atoms with E-state index >= 15 is 0 Å².